The third-order valence-corrected chi connectivity index (χ3v) is 3.67. The summed E-state index contributed by atoms with van der Waals surface area (Å²) in [4.78, 5) is 0. The Morgan fingerprint density at radius 2 is 2.25 bits per heavy atom. The van der Waals surface area contributed by atoms with Crippen molar-refractivity contribution in [3.63, 3.8) is 0 Å². The van der Waals surface area contributed by atoms with Crippen LogP contribution in [-0.4, -0.2) is 38.0 Å². The van der Waals surface area contributed by atoms with Crippen molar-refractivity contribution in [3.05, 3.63) is 0 Å². The number of hydrogen-bond donors (Lipinski definition) is 1. The summed E-state index contributed by atoms with van der Waals surface area (Å²) in [7, 11) is 1.77. The lowest BCUT2D eigenvalue weighted by Gasteiger charge is -2.39. The highest BCUT2D eigenvalue weighted by Gasteiger charge is 2.32. The van der Waals surface area contributed by atoms with Gasteiger partial charge in [-0.15, -0.1) is 0 Å². The quantitative estimate of drug-likeness (QED) is 0.758. The Bertz CT molecular complexity index is 198. The summed E-state index contributed by atoms with van der Waals surface area (Å²) in [5, 5.41) is 3.69. The summed E-state index contributed by atoms with van der Waals surface area (Å²) >= 11 is 0. The molecule has 0 saturated carbocycles. The van der Waals surface area contributed by atoms with E-state index in [1.165, 1.54) is 0 Å². The first kappa shape index (κ1) is 13.9. The molecule has 3 atom stereocenters. The van der Waals surface area contributed by atoms with Crippen LogP contribution in [0.3, 0.4) is 0 Å². The number of hydrogen-bond acceptors (Lipinski definition) is 3. The van der Waals surface area contributed by atoms with Crippen molar-refractivity contribution < 1.29 is 9.47 Å². The third kappa shape index (κ3) is 4.04. The van der Waals surface area contributed by atoms with Gasteiger partial charge in [0, 0.05) is 25.8 Å². The van der Waals surface area contributed by atoms with Gasteiger partial charge in [-0.25, -0.2) is 0 Å². The molecule has 3 nitrogen and oxygen atoms in total. The van der Waals surface area contributed by atoms with Crippen LogP contribution in [0.5, 0.6) is 0 Å². The van der Waals surface area contributed by atoms with Crippen molar-refractivity contribution in [2.75, 3.05) is 20.3 Å². The number of ether oxygens (including phenoxy) is 2. The van der Waals surface area contributed by atoms with Crippen molar-refractivity contribution in [1.29, 1.82) is 0 Å². The van der Waals surface area contributed by atoms with E-state index < -0.39 is 0 Å². The molecule has 0 spiro atoms. The average molecular weight is 229 g/mol. The summed E-state index contributed by atoms with van der Waals surface area (Å²) in [6.07, 6.45) is 4.44. The molecule has 1 heterocycles. The van der Waals surface area contributed by atoms with Crippen LogP contribution in [0.4, 0.5) is 0 Å². The van der Waals surface area contributed by atoms with E-state index in [1.807, 2.05) is 0 Å². The molecular formula is C13H27NO2. The molecule has 0 aromatic carbocycles. The van der Waals surface area contributed by atoms with Gasteiger partial charge in [-0.2, -0.15) is 0 Å². The standard InChI is InChI=1S/C13H27NO2/c1-5-11(10-15-4)14-12-7-8-16-13(3,6-2)9-12/h11-12,14H,5-10H2,1-4H3. The maximum Gasteiger partial charge on any atom is 0.0666 e. The summed E-state index contributed by atoms with van der Waals surface area (Å²) in [5.74, 6) is 0. The minimum Gasteiger partial charge on any atom is -0.383 e. The predicted octanol–water partition coefficient (Wildman–Crippen LogP) is 2.35. The lowest BCUT2D eigenvalue weighted by Crippen LogP contribution is -2.49. The fourth-order valence-corrected chi connectivity index (χ4v) is 2.34. The lowest BCUT2D eigenvalue weighted by molar-refractivity contribution is -0.0799. The monoisotopic (exact) mass is 229 g/mol. The molecule has 3 heteroatoms. The summed E-state index contributed by atoms with van der Waals surface area (Å²) in [5.41, 5.74) is 0.0707. The molecule has 0 aromatic rings. The van der Waals surface area contributed by atoms with Crippen LogP contribution in [0, 0.1) is 0 Å². The van der Waals surface area contributed by atoms with Crippen LogP contribution in [0.1, 0.15) is 46.5 Å². The second-order valence-corrected chi connectivity index (χ2v) is 5.07. The topological polar surface area (TPSA) is 30.5 Å². The van der Waals surface area contributed by atoms with Crippen molar-refractivity contribution in [1.82, 2.24) is 5.32 Å². The average Bonchev–Trinajstić information content (AvgIpc) is 2.29. The largest absolute Gasteiger partial charge is 0.383 e. The first-order valence-electron chi connectivity index (χ1n) is 6.52. The normalized spacial score (nSPS) is 32.6. The van der Waals surface area contributed by atoms with E-state index in [0.29, 0.717) is 12.1 Å². The van der Waals surface area contributed by atoms with Gasteiger partial charge in [0.15, 0.2) is 0 Å². The second-order valence-electron chi connectivity index (χ2n) is 5.07. The minimum atomic E-state index is 0.0707. The Balaban J connectivity index is 2.41. The second kappa shape index (κ2) is 6.58. The number of nitrogens with one attached hydrogen (secondary N) is 1. The lowest BCUT2D eigenvalue weighted by atomic mass is 9.89. The highest BCUT2D eigenvalue weighted by molar-refractivity contribution is 4.87. The van der Waals surface area contributed by atoms with Crippen molar-refractivity contribution in [2.24, 2.45) is 0 Å². The Labute approximate surface area is 99.9 Å². The summed E-state index contributed by atoms with van der Waals surface area (Å²) in [6, 6.07) is 1.06. The molecule has 0 aliphatic carbocycles. The van der Waals surface area contributed by atoms with Crippen LogP contribution in [0.25, 0.3) is 0 Å². The van der Waals surface area contributed by atoms with E-state index in [0.717, 1.165) is 38.9 Å². The van der Waals surface area contributed by atoms with Crippen molar-refractivity contribution >= 4 is 0 Å². The fourth-order valence-electron chi connectivity index (χ4n) is 2.34. The van der Waals surface area contributed by atoms with E-state index in [2.05, 4.69) is 26.1 Å². The van der Waals surface area contributed by atoms with Gasteiger partial charge in [-0.1, -0.05) is 13.8 Å². The van der Waals surface area contributed by atoms with E-state index >= 15 is 0 Å². The molecule has 0 aromatic heterocycles. The van der Waals surface area contributed by atoms with Gasteiger partial charge < -0.3 is 14.8 Å². The molecule has 96 valence electrons. The van der Waals surface area contributed by atoms with Gasteiger partial charge in [0.2, 0.25) is 0 Å². The molecule has 1 saturated heterocycles. The molecular weight excluding hydrogens is 202 g/mol. The zero-order valence-corrected chi connectivity index (χ0v) is 11.2. The zero-order valence-electron chi connectivity index (χ0n) is 11.2. The fraction of sp³-hybridized carbons (Fsp3) is 1.00. The van der Waals surface area contributed by atoms with E-state index in [-0.39, 0.29) is 5.60 Å². The smallest absolute Gasteiger partial charge is 0.0666 e. The van der Waals surface area contributed by atoms with E-state index in [1.54, 1.807) is 7.11 Å². The minimum absolute atomic E-state index is 0.0707. The molecule has 1 fully saturated rings. The van der Waals surface area contributed by atoms with Crippen LogP contribution in [0.2, 0.25) is 0 Å². The maximum absolute atomic E-state index is 5.85. The molecule has 0 radical (unpaired) electrons. The Morgan fingerprint density at radius 3 is 2.81 bits per heavy atom. The van der Waals surface area contributed by atoms with Gasteiger partial charge in [-0.05, 0) is 32.6 Å². The molecule has 3 unspecified atom stereocenters. The van der Waals surface area contributed by atoms with Gasteiger partial charge in [0.1, 0.15) is 0 Å². The Morgan fingerprint density at radius 1 is 1.50 bits per heavy atom. The highest BCUT2D eigenvalue weighted by Crippen LogP contribution is 2.27. The van der Waals surface area contributed by atoms with Crippen LogP contribution >= 0.6 is 0 Å². The summed E-state index contributed by atoms with van der Waals surface area (Å²) < 4.78 is 11.1. The Kier molecular flexibility index (Phi) is 5.73. The van der Waals surface area contributed by atoms with Gasteiger partial charge >= 0.3 is 0 Å². The van der Waals surface area contributed by atoms with Crippen LogP contribution in [-0.2, 0) is 9.47 Å². The first-order chi connectivity index (χ1) is 7.63. The molecule has 0 amide bonds. The molecule has 1 aliphatic rings. The van der Waals surface area contributed by atoms with Gasteiger partial charge in [0.05, 0.1) is 12.2 Å². The van der Waals surface area contributed by atoms with E-state index in [4.69, 9.17) is 9.47 Å². The highest BCUT2D eigenvalue weighted by atomic mass is 16.5. The molecule has 1 aliphatic heterocycles. The molecule has 16 heavy (non-hydrogen) atoms. The molecule has 1 rings (SSSR count). The third-order valence-electron chi connectivity index (χ3n) is 3.67. The Hall–Kier alpha value is -0.120. The number of rotatable bonds is 6. The van der Waals surface area contributed by atoms with Crippen LogP contribution < -0.4 is 5.32 Å². The molecule has 0 bridgehead atoms. The molecule has 1 N–H and O–H groups in total. The van der Waals surface area contributed by atoms with Gasteiger partial charge in [-0.3, -0.25) is 0 Å². The number of methoxy groups -OCH3 is 1. The maximum atomic E-state index is 5.85. The summed E-state index contributed by atoms with van der Waals surface area (Å²) in [6.45, 7) is 8.31. The van der Waals surface area contributed by atoms with Gasteiger partial charge in [0.25, 0.3) is 0 Å². The van der Waals surface area contributed by atoms with E-state index in [9.17, 15) is 0 Å². The zero-order chi connectivity index (χ0) is 12.0. The first-order valence-corrected chi connectivity index (χ1v) is 6.52. The van der Waals surface area contributed by atoms with Crippen molar-refractivity contribution in [2.45, 2.75) is 64.1 Å². The SMILES string of the molecule is CCC(COC)NC1CCOC(C)(CC)C1. The van der Waals surface area contributed by atoms with Crippen molar-refractivity contribution in [3.8, 4) is 0 Å². The van der Waals surface area contributed by atoms with Crippen LogP contribution in [0.15, 0.2) is 0 Å². The predicted molar refractivity (Wildman–Crippen MR) is 66.8 cm³/mol.